The Bertz CT molecular complexity index is 672. The highest BCUT2D eigenvalue weighted by atomic mass is 16.5. The first-order valence-electron chi connectivity index (χ1n) is 6.57. The van der Waals surface area contributed by atoms with Gasteiger partial charge in [-0.3, -0.25) is 9.78 Å². The van der Waals surface area contributed by atoms with Crippen LogP contribution in [-0.4, -0.2) is 29.2 Å². The molecule has 0 aliphatic carbocycles. The molecular weight excluding hydrogens is 272 g/mol. The summed E-state index contributed by atoms with van der Waals surface area (Å²) in [4.78, 5) is 15.8. The van der Waals surface area contributed by atoms with E-state index in [9.17, 15) is 9.90 Å². The topological polar surface area (TPSA) is 80.7 Å². The first-order valence-corrected chi connectivity index (χ1v) is 6.57. The maximum Gasteiger partial charge on any atom is 0.257 e. The highest BCUT2D eigenvalue weighted by molar-refractivity contribution is 6.04. The number of hydrogen-bond donors (Lipinski definition) is 2. The molecule has 1 aliphatic rings. The van der Waals surface area contributed by atoms with Gasteiger partial charge in [-0.1, -0.05) is 0 Å². The molecule has 0 fully saturated rings. The van der Waals surface area contributed by atoms with Gasteiger partial charge in [-0.05, 0) is 18.2 Å². The van der Waals surface area contributed by atoms with E-state index in [1.54, 1.807) is 18.2 Å². The number of fused-ring (bicyclic) bond motifs is 1. The zero-order chi connectivity index (χ0) is 14.7. The van der Waals surface area contributed by atoms with Gasteiger partial charge in [0.15, 0.2) is 11.5 Å². The average Bonchev–Trinajstić information content (AvgIpc) is 2.72. The molecule has 6 nitrogen and oxygen atoms in total. The second-order valence-electron chi connectivity index (χ2n) is 4.60. The molecule has 6 heteroatoms. The Kier molecular flexibility index (Phi) is 3.59. The summed E-state index contributed by atoms with van der Waals surface area (Å²) in [5, 5.41) is 12.1. The molecule has 2 heterocycles. The van der Waals surface area contributed by atoms with Gasteiger partial charge in [0.05, 0.1) is 25.0 Å². The summed E-state index contributed by atoms with van der Waals surface area (Å²) in [5.74, 6) is 0.873. The lowest BCUT2D eigenvalue weighted by molar-refractivity contribution is 0.102. The number of pyridine rings is 1. The molecule has 1 aromatic carbocycles. The molecule has 0 unspecified atom stereocenters. The number of nitrogens with one attached hydrogen (secondary N) is 1. The number of nitrogens with zero attached hydrogens (tertiary/aromatic N) is 1. The summed E-state index contributed by atoms with van der Waals surface area (Å²) < 4.78 is 11.1. The van der Waals surface area contributed by atoms with Crippen molar-refractivity contribution < 1.29 is 19.4 Å². The number of carbonyl (C=O) groups excluding carboxylic acids is 1. The number of anilines is 1. The van der Waals surface area contributed by atoms with E-state index in [0.29, 0.717) is 30.4 Å². The van der Waals surface area contributed by atoms with Gasteiger partial charge < -0.3 is 19.9 Å². The number of ether oxygens (including phenoxy) is 2. The molecule has 0 radical (unpaired) electrons. The number of aromatic nitrogens is 1. The minimum atomic E-state index is -0.354. The number of carbonyl (C=O) groups is 1. The Labute approximate surface area is 121 Å². The highest BCUT2D eigenvalue weighted by Gasteiger charge is 2.13. The molecule has 0 atom stereocenters. The van der Waals surface area contributed by atoms with E-state index in [1.807, 2.05) is 0 Å². The van der Waals surface area contributed by atoms with Gasteiger partial charge in [-0.2, -0.15) is 0 Å². The van der Waals surface area contributed by atoms with Gasteiger partial charge in [0.2, 0.25) is 0 Å². The molecule has 0 spiro atoms. The third kappa shape index (κ3) is 3.05. The maximum absolute atomic E-state index is 12.1. The average molecular weight is 286 g/mol. The Hall–Kier alpha value is -2.76. The summed E-state index contributed by atoms with van der Waals surface area (Å²) in [6, 6.07) is 6.57. The van der Waals surface area contributed by atoms with Crippen LogP contribution in [0, 0.1) is 0 Å². The second kappa shape index (κ2) is 5.70. The van der Waals surface area contributed by atoms with Crippen molar-refractivity contribution in [3.63, 3.8) is 0 Å². The second-order valence-corrected chi connectivity index (χ2v) is 4.60. The first kappa shape index (κ1) is 13.2. The fraction of sp³-hybridized carbons (Fsp3) is 0.200. The molecule has 0 bridgehead atoms. The molecule has 0 saturated heterocycles. The van der Waals surface area contributed by atoms with E-state index in [2.05, 4.69) is 10.3 Å². The Balaban J connectivity index is 1.79. The predicted octanol–water partition coefficient (Wildman–Crippen LogP) is 2.20. The van der Waals surface area contributed by atoms with Crippen LogP contribution >= 0.6 is 0 Å². The Morgan fingerprint density at radius 2 is 1.95 bits per heavy atom. The summed E-state index contributed by atoms with van der Waals surface area (Å²) in [6.45, 7) is 1.20. The number of benzene rings is 1. The quantitative estimate of drug-likeness (QED) is 0.884. The highest BCUT2D eigenvalue weighted by Crippen LogP contribution is 2.32. The zero-order valence-corrected chi connectivity index (χ0v) is 11.2. The van der Waals surface area contributed by atoms with E-state index >= 15 is 0 Å². The normalized spacial score (nSPS) is 13.3. The van der Waals surface area contributed by atoms with Crippen molar-refractivity contribution in [2.75, 3.05) is 18.5 Å². The molecule has 2 aromatic rings. The van der Waals surface area contributed by atoms with Crippen molar-refractivity contribution in [1.82, 2.24) is 4.98 Å². The zero-order valence-electron chi connectivity index (χ0n) is 11.2. The van der Waals surface area contributed by atoms with Crippen LogP contribution in [-0.2, 0) is 0 Å². The predicted molar refractivity (Wildman–Crippen MR) is 75.9 cm³/mol. The molecule has 2 N–H and O–H groups in total. The molecule has 3 rings (SSSR count). The van der Waals surface area contributed by atoms with Gasteiger partial charge in [0.1, 0.15) is 5.75 Å². The van der Waals surface area contributed by atoms with Crippen LogP contribution in [0.5, 0.6) is 17.2 Å². The molecular formula is C15H14N2O4. The Morgan fingerprint density at radius 1 is 1.14 bits per heavy atom. The summed E-state index contributed by atoms with van der Waals surface area (Å²) >= 11 is 0. The van der Waals surface area contributed by atoms with Crippen molar-refractivity contribution >= 4 is 11.6 Å². The van der Waals surface area contributed by atoms with Crippen LogP contribution in [0.3, 0.4) is 0 Å². The minimum absolute atomic E-state index is 0.0543. The summed E-state index contributed by atoms with van der Waals surface area (Å²) in [7, 11) is 0. The third-order valence-corrected chi connectivity index (χ3v) is 2.99. The molecule has 1 aromatic heterocycles. The lowest BCUT2D eigenvalue weighted by atomic mass is 10.2. The van der Waals surface area contributed by atoms with Crippen LogP contribution in [0.15, 0.2) is 36.7 Å². The van der Waals surface area contributed by atoms with Gasteiger partial charge >= 0.3 is 0 Å². The number of amides is 1. The smallest absolute Gasteiger partial charge is 0.257 e. The van der Waals surface area contributed by atoms with Crippen molar-refractivity contribution in [3.8, 4) is 17.2 Å². The van der Waals surface area contributed by atoms with Gasteiger partial charge in [-0.25, -0.2) is 0 Å². The van der Waals surface area contributed by atoms with E-state index in [4.69, 9.17) is 9.47 Å². The number of hydrogen-bond acceptors (Lipinski definition) is 5. The van der Waals surface area contributed by atoms with Gasteiger partial charge in [-0.15, -0.1) is 0 Å². The fourth-order valence-electron chi connectivity index (χ4n) is 2.00. The number of aromatic hydroxyl groups is 1. The van der Waals surface area contributed by atoms with Crippen LogP contribution in [0.4, 0.5) is 5.69 Å². The van der Waals surface area contributed by atoms with Crippen molar-refractivity contribution in [3.05, 3.63) is 42.2 Å². The SMILES string of the molecule is O=C(Nc1ccc2c(c1)OCCCO2)c1cncc(O)c1. The van der Waals surface area contributed by atoms with Gasteiger partial charge in [0.25, 0.3) is 5.91 Å². The van der Waals surface area contributed by atoms with Crippen molar-refractivity contribution in [1.29, 1.82) is 0 Å². The minimum Gasteiger partial charge on any atom is -0.506 e. The molecule has 21 heavy (non-hydrogen) atoms. The van der Waals surface area contributed by atoms with E-state index in [-0.39, 0.29) is 17.2 Å². The van der Waals surface area contributed by atoms with Crippen LogP contribution < -0.4 is 14.8 Å². The molecule has 0 saturated carbocycles. The largest absolute Gasteiger partial charge is 0.506 e. The van der Waals surface area contributed by atoms with Crippen molar-refractivity contribution in [2.45, 2.75) is 6.42 Å². The lowest BCUT2D eigenvalue weighted by Crippen LogP contribution is -2.12. The fourth-order valence-corrected chi connectivity index (χ4v) is 2.00. The number of rotatable bonds is 2. The Morgan fingerprint density at radius 3 is 2.76 bits per heavy atom. The van der Waals surface area contributed by atoms with E-state index in [0.717, 1.165) is 6.42 Å². The summed E-state index contributed by atoms with van der Waals surface area (Å²) in [6.07, 6.45) is 3.48. The molecule has 108 valence electrons. The van der Waals surface area contributed by atoms with Crippen molar-refractivity contribution in [2.24, 2.45) is 0 Å². The summed E-state index contributed by atoms with van der Waals surface area (Å²) in [5.41, 5.74) is 0.870. The first-order chi connectivity index (χ1) is 10.2. The molecule has 1 amide bonds. The lowest BCUT2D eigenvalue weighted by Gasteiger charge is -2.10. The van der Waals surface area contributed by atoms with Gasteiger partial charge in [0, 0.05) is 24.4 Å². The maximum atomic E-state index is 12.1. The van der Waals surface area contributed by atoms with Crippen LogP contribution in [0.1, 0.15) is 16.8 Å². The standard InChI is InChI=1S/C15H14N2O4/c18-12-6-10(8-16-9-12)15(19)17-11-2-3-13-14(7-11)21-5-1-4-20-13/h2-3,6-9,18H,1,4-5H2,(H,17,19). The monoisotopic (exact) mass is 286 g/mol. The van der Waals surface area contributed by atoms with Crippen LogP contribution in [0.2, 0.25) is 0 Å². The van der Waals surface area contributed by atoms with E-state index < -0.39 is 0 Å². The van der Waals surface area contributed by atoms with E-state index in [1.165, 1.54) is 18.5 Å². The molecule has 1 aliphatic heterocycles. The third-order valence-electron chi connectivity index (χ3n) is 2.99. The van der Waals surface area contributed by atoms with Crippen LogP contribution in [0.25, 0.3) is 0 Å².